The maximum Gasteiger partial charge on any atom is 0.331 e. The van der Waals surface area contributed by atoms with Crippen molar-refractivity contribution >= 4 is 34.1 Å². The lowest BCUT2D eigenvalue weighted by molar-refractivity contribution is -0.127. The van der Waals surface area contributed by atoms with Crippen molar-refractivity contribution in [3.05, 3.63) is 78.9 Å². The summed E-state index contributed by atoms with van der Waals surface area (Å²) < 4.78 is 2.85. The minimum absolute atomic E-state index is 0.0108. The quantitative estimate of drug-likeness (QED) is 0.413. The maximum absolute atomic E-state index is 13.1. The van der Waals surface area contributed by atoms with Crippen molar-refractivity contribution < 1.29 is 14.7 Å². The predicted octanol–water partition coefficient (Wildman–Crippen LogP) is 3.18. The number of hydrogen-bond donors (Lipinski definition) is 1. The van der Waals surface area contributed by atoms with Gasteiger partial charge in [-0.15, -0.1) is 0 Å². The van der Waals surface area contributed by atoms with Gasteiger partial charge in [0.1, 0.15) is 18.0 Å². The first-order chi connectivity index (χ1) is 17.7. The summed E-state index contributed by atoms with van der Waals surface area (Å²) in [5.41, 5.74) is 1.39. The highest BCUT2D eigenvalue weighted by molar-refractivity contribution is 6.31. The second-order valence-electron chi connectivity index (χ2n) is 9.58. The van der Waals surface area contributed by atoms with Crippen molar-refractivity contribution in [1.29, 1.82) is 5.26 Å². The molecule has 9 heteroatoms. The largest absolute Gasteiger partial charge is 0.385 e. The van der Waals surface area contributed by atoms with Crippen LogP contribution >= 0.6 is 11.6 Å². The molecule has 2 aromatic carbocycles. The van der Waals surface area contributed by atoms with Gasteiger partial charge in [-0.05, 0) is 67.5 Å². The topological polar surface area (TPSA) is 122 Å². The average Bonchev–Trinajstić information content (AvgIpc) is 3.70. The smallest absolute Gasteiger partial charge is 0.331 e. The Morgan fingerprint density at radius 2 is 1.81 bits per heavy atom. The highest BCUT2D eigenvalue weighted by Gasteiger charge is 2.25. The van der Waals surface area contributed by atoms with Crippen LogP contribution < -0.4 is 11.2 Å². The summed E-state index contributed by atoms with van der Waals surface area (Å²) in [5, 5.41) is 20.0. The van der Waals surface area contributed by atoms with Crippen LogP contribution in [0.5, 0.6) is 0 Å². The van der Waals surface area contributed by atoms with Crippen molar-refractivity contribution in [3.8, 4) is 6.07 Å². The predicted molar refractivity (Wildman–Crippen MR) is 140 cm³/mol. The van der Waals surface area contributed by atoms with Gasteiger partial charge in [-0.1, -0.05) is 23.7 Å². The van der Waals surface area contributed by atoms with Gasteiger partial charge in [0, 0.05) is 32.4 Å². The number of carbonyl (C=O) groups excluding carboxylic acids is 2. The Hall–Kier alpha value is -3.54. The molecular weight excluding hydrogens is 494 g/mol. The lowest BCUT2D eigenvalue weighted by Crippen LogP contribution is -2.40. The summed E-state index contributed by atoms with van der Waals surface area (Å²) in [6, 6.07) is 11.7. The summed E-state index contributed by atoms with van der Waals surface area (Å²) in [4.78, 5) is 50.9. The van der Waals surface area contributed by atoms with Gasteiger partial charge in [-0.3, -0.25) is 23.5 Å². The summed E-state index contributed by atoms with van der Waals surface area (Å²) in [6.07, 6.45) is 0.682. The number of aliphatic hydroxyl groups excluding tert-OH is 1. The van der Waals surface area contributed by atoms with Crippen LogP contribution in [0.3, 0.4) is 0 Å². The van der Waals surface area contributed by atoms with E-state index in [0.29, 0.717) is 46.6 Å². The van der Waals surface area contributed by atoms with Gasteiger partial charge in [-0.2, -0.15) is 5.26 Å². The Kier molecular flexibility index (Phi) is 8.06. The second kappa shape index (κ2) is 11.2. The van der Waals surface area contributed by atoms with E-state index in [4.69, 9.17) is 16.9 Å². The maximum atomic E-state index is 13.1. The van der Waals surface area contributed by atoms with Crippen molar-refractivity contribution in [1.82, 2.24) is 9.13 Å². The molecule has 0 aliphatic heterocycles. The molecule has 37 heavy (non-hydrogen) atoms. The number of carbonyl (C=O) groups is 2. The van der Waals surface area contributed by atoms with Crippen molar-refractivity contribution in [2.75, 3.05) is 0 Å². The van der Waals surface area contributed by atoms with E-state index in [1.54, 1.807) is 41.0 Å². The highest BCUT2D eigenvalue weighted by atomic mass is 35.5. The van der Waals surface area contributed by atoms with Crippen LogP contribution in [0.1, 0.15) is 49.3 Å². The first-order valence-electron chi connectivity index (χ1n) is 12.4. The first kappa shape index (κ1) is 26.5. The number of aliphatic hydroxyl groups is 1. The number of aromatic nitrogens is 2. The molecule has 1 saturated carbocycles. The molecule has 0 radical (unpaired) electrons. The van der Waals surface area contributed by atoms with E-state index in [-0.39, 0.29) is 47.7 Å². The van der Waals surface area contributed by atoms with Crippen LogP contribution in [0.25, 0.3) is 10.9 Å². The van der Waals surface area contributed by atoms with E-state index in [1.807, 2.05) is 13.0 Å². The molecular formula is C28H28ClN3O5. The fraction of sp³-hybridized carbons (Fsp3) is 0.393. The summed E-state index contributed by atoms with van der Waals surface area (Å²) in [7, 11) is 0. The van der Waals surface area contributed by atoms with Crippen LogP contribution in [0.15, 0.2) is 46.0 Å². The van der Waals surface area contributed by atoms with Crippen molar-refractivity contribution in [3.63, 3.8) is 0 Å². The summed E-state index contributed by atoms with van der Waals surface area (Å²) in [6.45, 7) is 2.66. The zero-order chi connectivity index (χ0) is 26.7. The van der Waals surface area contributed by atoms with Gasteiger partial charge >= 0.3 is 5.69 Å². The number of halogens is 1. The lowest BCUT2D eigenvalue weighted by Gasteiger charge is -2.14. The lowest BCUT2D eigenvalue weighted by atomic mass is 9.98. The van der Waals surface area contributed by atoms with Gasteiger partial charge < -0.3 is 5.11 Å². The minimum Gasteiger partial charge on any atom is -0.385 e. The molecule has 1 aliphatic carbocycles. The first-order valence-corrected chi connectivity index (χ1v) is 12.8. The van der Waals surface area contributed by atoms with E-state index in [2.05, 4.69) is 0 Å². The molecule has 1 aromatic heterocycles. The molecule has 3 aromatic rings. The van der Waals surface area contributed by atoms with Gasteiger partial charge in [-0.25, -0.2) is 4.79 Å². The number of benzene rings is 2. The fourth-order valence-electron chi connectivity index (χ4n) is 4.46. The monoisotopic (exact) mass is 521 g/mol. The molecule has 8 nitrogen and oxygen atoms in total. The van der Waals surface area contributed by atoms with E-state index < -0.39 is 11.9 Å². The number of fused-ring (bicyclic) bond motifs is 1. The highest BCUT2D eigenvalue weighted by Crippen LogP contribution is 2.29. The van der Waals surface area contributed by atoms with E-state index in [0.717, 1.165) is 12.8 Å². The molecule has 1 atom stereocenters. The molecule has 0 bridgehead atoms. The van der Waals surface area contributed by atoms with Crippen LogP contribution in [0, 0.1) is 17.2 Å². The van der Waals surface area contributed by atoms with Crippen molar-refractivity contribution in [2.45, 2.75) is 64.6 Å². The third-order valence-corrected chi connectivity index (χ3v) is 7.06. The van der Waals surface area contributed by atoms with Crippen molar-refractivity contribution in [2.24, 2.45) is 5.92 Å². The molecule has 0 amide bonds. The zero-order valence-corrected chi connectivity index (χ0v) is 21.3. The second-order valence-corrected chi connectivity index (χ2v) is 9.98. The number of nitrogens with zero attached hydrogens (tertiary/aromatic N) is 3. The molecule has 1 aliphatic rings. The Balaban J connectivity index is 1.42. The number of ketones is 2. The summed E-state index contributed by atoms with van der Waals surface area (Å²) in [5.74, 6) is -0.257. The van der Waals surface area contributed by atoms with Gasteiger partial charge in [0.25, 0.3) is 5.56 Å². The number of nitriles is 1. The summed E-state index contributed by atoms with van der Waals surface area (Å²) >= 11 is 6.01. The number of Topliss-reactive ketones (excluding diaryl/α,β-unsaturated/α-hetero) is 2. The molecule has 0 saturated heterocycles. The van der Waals surface area contributed by atoms with Gasteiger partial charge in [0.15, 0.2) is 5.78 Å². The number of rotatable bonds is 11. The molecule has 4 rings (SSSR count). The Morgan fingerprint density at radius 3 is 2.46 bits per heavy atom. The number of hydrogen-bond acceptors (Lipinski definition) is 6. The third-order valence-electron chi connectivity index (χ3n) is 6.74. The number of aryl methyl sites for hydroxylation is 1. The van der Waals surface area contributed by atoms with Gasteiger partial charge in [0.05, 0.1) is 21.5 Å². The van der Waals surface area contributed by atoms with E-state index in [1.165, 1.54) is 4.57 Å². The third kappa shape index (κ3) is 6.07. The molecule has 1 N–H and O–H groups in total. The zero-order valence-electron chi connectivity index (χ0n) is 20.6. The van der Waals surface area contributed by atoms with Crippen LogP contribution in [-0.4, -0.2) is 31.9 Å². The Labute approximate surface area is 218 Å². The normalized spacial score (nSPS) is 13.9. The van der Waals surface area contributed by atoms with Crippen LogP contribution in [0.4, 0.5) is 0 Å². The molecule has 0 spiro atoms. The Bertz CT molecular complexity index is 1530. The average molecular weight is 522 g/mol. The molecule has 1 heterocycles. The van der Waals surface area contributed by atoms with Crippen LogP contribution in [-0.2, 0) is 35.5 Å². The van der Waals surface area contributed by atoms with E-state index in [9.17, 15) is 24.3 Å². The minimum atomic E-state index is -1.32. The SMILES string of the molecule is CCn1c(=O)n(CC2CC2)c(=O)c2cc(CC(=O)[C@@H](O)CCC(=O)Cc3ccc(C#N)c(Cl)c3)ccc21. The van der Waals surface area contributed by atoms with E-state index >= 15 is 0 Å². The Morgan fingerprint density at radius 1 is 1.11 bits per heavy atom. The molecule has 1 fully saturated rings. The van der Waals surface area contributed by atoms with Gasteiger partial charge in [0.2, 0.25) is 0 Å². The molecule has 0 unspecified atom stereocenters. The molecule has 192 valence electrons. The van der Waals surface area contributed by atoms with Crippen LogP contribution in [0.2, 0.25) is 5.02 Å². The standard InChI is InChI=1S/C28H28ClN3O5/c1-2-31-24-9-6-19(12-22(24)27(36)32(28(31)37)16-17-3-4-17)14-26(35)25(34)10-8-21(33)11-18-5-7-20(15-30)23(29)13-18/h5-7,9,12-13,17,25,34H,2-4,8,10-11,14,16H2,1H3/t25-/m0/s1. The fourth-order valence-corrected chi connectivity index (χ4v) is 4.70.